The van der Waals surface area contributed by atoms with Gasteiger partial charge in [0, 0.05) is 5.69 Å². The van der Waals surface area contributed by atoms with Crippen molar-refractivity contribution < 1.29 is 13.9 Å². The first kappa shape index (κ1) is 16.9. The lowest BCUT2D eigenvalue weighted by Gasteiger charge is -2.08. The van der Waals surface area contributed by atoms with E-state index in [1.807, 2.05) is 12.1 Å². The Labute approximate surface area is 148 Å². The number of hydrogen-bond acceptors (Lipinski definition) is 5. The largest absolute Gasteiger partial charge is 0.495 e. The fourth-order valence-electron chi connectivity index (χ4n) is 2.24. The molecule has 0 radical (unpaired) electrons. The van der Waals surface area contributed by atoms with E-state index < -0.39 is 0 Å². The third-order valence-electron chi connectivity index (χ3n) is 3.45. The molecule has 25 heavy (non-hydrogen) atoms. The predicted molar refractivity (Wildman–Crippen MR) is 97.5 cm³/mol. The van der Waals surface area contributed by atoms with Crippen LogP contribution in [-0.4, -0.2) is 18.0 Å². The van der Waals surface area contributed by atoms with Gasteiger partial charge in [0.05, 0.1) is 18.5 Å². The van der Waals surface area contributed by atoms with Gasteiger partial charge in [0.15, 0.2) is 5.13 Å². The Morgan fingerprint density at radius 1 is 1.16 bits per heavy atom. The second-order valence-corrected chi connectivity index (χ2v) is 6.22. The van der Waals surface area contributed by atoms with Crippen molar-refractivity contribution in [3.63, 3.8) is 0 Å². The highest BCUT2D eigenvalue weighted by molar-refractivity contribution is 7.17. The Bertz CT molecular complexity index is 894. The van der Waals surface area contributed by atoms with Gasteiger partial charge in [-0.15, -0.1) is 0 Å². The molecule has 5 nitrogen and oxygen atoms in total. The summed E-state index contributed by atoms with van der Waals surface area (Å²) < 4.78 is 18.2. The lowest BCUT2D eigenvalue weighted by molar-refractivity contribution is 0.102. The maximum atomic E-state index is 13.0. The number of ether oxygens (including phenoxy) is 1. The number of para-hydroxylation sites is 2. The molecule has 3 aromatic rings. The number of carbonyl (C=O) groups is 1. The summed E-state index contributed by atoms with van der Waals surface area (Å²) in [7, 11) is 1.55. The summed E-state index contributed by atoms with van der Waals surface area (Å²) in [6, 6.07) is 13.1. The number of nitrogens with zero attached hydrogens (tertiary/aromatic N) is 1. The van der Waals surface area contributed by atoms with Crippen LogP contribution in [0.5, 0.6) is 5.75 Å². The van der Waals surface area contributed by atoms with Crippen LogP contribution in [0.15, 0.2) is 48.5 Å². The van der Waals surface area contributed by atoms with E-state index in [9.17, 15) is 9.18 Å². The molecule has 0 bridgehead atoms. The Morgan fingerprint density at radius 3 is 2.60 bits per heavy atom. The van der Waals surface area contributed by atoms with Crippen LogP contribution in [0.2, 0.25) is 0 Å². The Morgan fingerprint density at radius 2 is 1.88 bits per heavy atom. The molecule has 3 rings (SSSR count). The Hall–Kier alpha value is -2.93. The normalized spacial score (nSPS) is 10.4. The first-order valence-electron chi connectivity index (χ1n) is 7.51. The number of hydrogen-bond donors (Lipinski definition) is 2. The van der Waals surface area contributed by atoms with E-state index in [2.05, 4.69) is 15.6 Å². The van der Waals surface area contributed by atoms with Crippen LogP contribution in [0.3, 0.4) is 0 Å². The zero-order chi connectivity index (χ0) is 17.8. The molecule has 128 valence electrons. The van der Waals surface area contributed by atoms with Crippen molar-refractivity contribution in [3.05, 3.63) is 64.9 Å². The molecule has 2 aromatic carbocycles. The number of thiazole rings is 1. The van der Waals surface area contributed by atoms with Gasteiger partial charge in [-0.25, -0.2) is 9.37 Å². The highest BCUT2D eigenvalue weighted by Crippen LogP contribution is 2.28. The van der Waals surface area contributed by atoms with Crippen molar-refractivity contribution in [2.45, 2.75) is 6.92 Å². The Kier molecular flexibility index (Phi) is 4.95. The van der Waals surface area contributed by atoms with Crippen molar-refractivity contribution in [2.24, 2.45) is 0 Å². The minimum atomic E-state index is -0.308. The molecule has 1 amide bonds. The first-order valence-corrected chi connectivity index (χ1v) is 8.33. The average Bonchev–Trinajstić information content (AvgIpc) is 2.98. The summed E-state index contributed by atoms with van der Waals surface area (Å²) in [6.07, 6.45) is 0. The molecule has 0 aliphatic carbocycles. The van der Waals surface area contributed by atoms with E-state index in [0.29, 0.717) is 32.8 Å². The number of anilines is 3. The van der Waals surface area contributed by atoms with Gasteiger partial charge < -0.3 is 15.4 Å². The average molecular weight is 357 g/mol. The molecule has 0 spiro atoms. The quantitative estimate of drug-likeness (QED) is 0.701. The van der Waals surface area contributed by atoms with E-state index in [4.69, 9.17) is 4.74 Å². The van der Waals surface area contributed by atoms with Gasteiger partial charge in [0.25, 0.3) is 5.91 Å². The van der Waals surface area contributed by atoms with Gasteiger partial charge >= 0.3 is 0 Å². The number of benzene rings is 2. The Balaban J connectivity index is 1.77. The molecule has 0 fully saturated rings. The molecule has 0 unspecified atom stereocenters. The van der Waals surface area contributed by atoms with E-state index in [-0.39, 0.29) is 11.7 Å². The van der Waals surface area contributed by atoms with Gasteiger partial charge in [-0.3, -0.25) is 4.79 Å². The van der Waals surface area contributed by atoms with Crippen LogP contribution in [0.25, 0.3) is 0 Å². The second-order valence-electron chi connectivity index (χ2n) is 5.22. The van der Waals surface area contributed by atoms with Crippen molar-refractivity contribution >= 4 is 33.8 Å². The zero-order valence-corrected chi connectivity index (χ0v) is 14.5. The van der Waals surface area contributed by atoms with E-state index in [1.165, 1.54) is 23.5 Å². The van der Waals surface area contributed by atoms with Crippen molar-refractivity contribution in [1.82, 2.24) is 4.98 Å². The van der Waals surface area contributed by atoms with Crippen LogP contribution in [0, 0.1) is 12.7 Å². The van der Waals surface area contributed by atoms with Gasteiger partial charge in [-0.1, -0.05) is 23.5 Å². The number of halogens is 1. The van der Waals surface area contributed by atoms with Gasteiger partial charge in [0.1, 0.15) is 16.4 Å². The summed E-state index contributed by atoms with van der Waals surface area (Å²) in [5, 5.41) is 6.47. The van der Waals surface area contributed by atoms with E-state index in [0.717, 1.165) is 0 Å². The van der Waals surface area contributed by atoms with Crippen LogP contribution in [0.4, 0.5) is 20.9 Å². The highest BCUT2D eigenvalue weighted by atomic mass is 32.1. The molecule has 0 saturated carbocycles. The summed E-state index contributed by atoms with van der Waals surface area (Å²) in [5.74, 6) is 0.0204. The molecule has 0 atom stereocenters. The molecule has 2 N–H and O–H groups in total. The minimum absolute atomic E-state index is 0.258. The number of aryl methyl sites for hydroxylation is 1. The first-order chi connectivity index (χ1) is 12.1. The minimum Gasteiger partial charge on any atom is -0.495 e. The molecule has 0 aliphatic rings. The highest BCUT2D eigenvalue weighted by Gasteiger charge is 2.17. The van der Waals surface area contributed by atoms with Crippen molar-refractivity contribution in [2.75, 3.05) is 17.7 Å². The molecule has 0 saturated heterocycles. The summed E-state index contributed by atoms with van der Waals surface area (Å²) in [6.45, 7) is 1.77. The maximum absolute atomic E-state index is 13.0. The third-order valence-corrected chi connectivity index (χ3v) is 4.53. The standard InChI is InChI=1S/C18H16FN3O2S/c1-11-16(17(23)22-14-5-3-4-6-15(14)24-2)25-18(20-11)21-13-9-7-12(19)8-10-13/h3-10H,1-2H3,(H,20,21)(H,22,23). The summed E-state index contributed by atoms with van der Waals surface area (Å²) >= 11 is 1.23. The summed E-state index contributed by atoms with van der Waals surface area (Å²) in [5.41, 5.74) is 1.91. The lowest BCUT2D eigenvalue weighted by atomic mass is 10.3. The predicted octanol–water partition coefficient (Wildman–Crippen LogP) is 4.60. The van der Waals surface area contributed by atoms with Gasteiger partial charge in [-0.2, -0.15) is 0 Å². The number of nitrogens with one attached hydrogen (secondary N) is 2. The fraction of sp³-hybridized carbons (Fsp3) is 0.111. The molecule has 0 aliphatic heterocycles. The van der Waals surface area contributed by atoms with Crippen LogP contribution in [0.1, 0.15) is 15.4 Å². The van der Waals surface area contributed by atoms with Gasteiger partial charge in [0.2, 0.25) is 0 Å². The SMILES string of the molecule is COc1ccccc1NC(=O)c1sc(Nc2ccc(F)cc2)nc1C. The molecular formula is C18H16FN3O2S. The topological polar surface area (TPSA) is 63.2 Å². The number of amides is 1. The van der Waals surface area contributed by atoms with Crippen molar-refractivity contribution in [1.29, 1.82) is 0 Å². The molecule has 1 heterocycles. The lowest BCUT2D eigenvalue weighted by Crippen LogP contribution is -2.12. The fourth-order valence-corrected chi connectivity index (χ4v) is 3.13. The van der Waals surface area contributed by atoms with Gasteiger partial charge in [-0.05, 0) is 43.3 Å². The van der Waals surface area contributed by atoms with Crippen molar-refractivity contribution in [3.8, 4) is 5.75 Å². The third kappa shape index (κ3) is 3.95. The number of carbonyl (C=O) groups excluding carboxylic acids is 1. The molecule has 7 heteroatoms. The number of methoxy groups -OCH3 is 1. The number of aromatic nitrogens is 1. The second kappa shape index (κ2) is 7.31. The molecule has 1 aromatic heterocycles. The van der Waals surface area contributed by atoms with Crippen LogP contribution in [-0.2, 0) is 0 Å². The van der Waals surface area contributed by atoms with E-state index in [1.54, 1.807) is 38.3 Å². The van der Waals surface area contributed by atoms with Crippen LogP contribution >= 0.6 is 11.3 Å². The number of rotatable bonds is 5. The summed E-state index contributed by atoms with van der Waals surface area (Å²) in [4.78, 5) is 17.4. The van der Waals surface area contributed by atoms with E-state index >= 15 is 0 Å². The maximum Gasteiger partial charge on any atom is 0.267 e. The zero-order valence-electron chi connectivity index (χ0n) is 13.7. The monoisotopic (exact) mass is 357 g/mol. The molecular weight excluding hydrogens is 341 g/mol. The smallest absolute Gasteiger partial charge is 0.267 e. The van der Waals surface area contributed by atoms with Crippen LogP contribution < -0.4 is 15.4 Å².